The maximum atomic E-state index is 13.4. The van der Waals surface area contributed by atoms with Crippen molar-refractivity contribution in [1.82, 2.24) is 4.98 Å². The highest BCUT2D eigenvalue weighted by Crippen LogP contribution is 2.25. The number of nitrogens with zero attached hydrogens (tertiary/aromatic N) is 2. The van der Waals surface area contributed by atoms with E-state index in [1.54, 1.807) is 6.07 Å². The van der Waals surface area contributed by atoms with Crippen molar-refractivity contribution in [3.63, 3.8) is 0 Å². The van der Waals surface area contributed by atoms with Crippen molar-refractivity contribution in [2.24, 2.45) is 0 Å². The molecule has 0 N–H and O–H groups in total. The molecule has 0 amide bonds. The van der Waals surface area contributed by atoms with Crippen LogP contribution in [0, 0.1) is 17.1 Å². The summed E-state index contributed by atoms with van der Waals surface area (Å²) in [4.78, 5) is 3.83. The van der Waals surface area contributed by atoms with Crippen LogP contribution in [0.4, 0.5) is 4.39 Å². The van der Waals surface area contributed by atoms with Crippen LogP contribution in [0.3, 0.4) is 0 Å². The van der Waals surface area contributed by atoms with Gasteiger partial charge in [0.1, 0.15) is 16.7 Å². The highest BCUT2D eigenvalue weighted by atomic mass is 79.9. The van der Waals surface area contributed by atoms with Gasteiger partial charge in [-0.1, -0.05) is 27.5 Å². The zero-order chi connectivity index (χ0) is 11.0. The molecule has 2 rings (SSSR count). The molecule has 15 heavy (non-hydrogen) atoms. The van der Waals surface area contributed by atoms with Crippen molar-refractivity contribution < 1.29 is 4.39 Å². The standard InChI is InChI=1S/C10H3BrClFN2/c11-7-2-5-1-6(4-14)10(12)15-9(5)8(13)3-7/h1-3H. The first kappa shape index (κ1) is 10.3. The lowest BCUT2D eigenvalue weighted by molar-refractivity contribution is 0.636. The minimum Gasteiger partial charge on any atom is -0.232 e. The van der Waals surface area contributed by atoms with Crippen LogP contribution in [-0.2, 0) is 0 Å². The summed E-state index contributed by atoms with van der Waals surface area (Å²) in [6, 6.07) is 6.39. The molecule has 0 saturated heterocycles. The quantitative estimate of drug-likeness (QED) is 0.693. The lowest BCUT2D eigenvalue weighted by atomic mass is 10.1. The number of nitriles is 1. The molecule has 1 heterocycles. The fourth-order valence-electron chi connectivity index (χ4n) is 1.27. The number of rotatable bonds is 0. The van der Waals surface area contributed by atoms with E-state index in [1.807, 2.05) is 6.07 Å². The fraction of sp³-hybridized carbons (Fsp3) is 0. The molecule has 2 aromatic rings. The van der Waals surface area contributed by atoms with Gasteiger partial charge in [0.05, 0.1) is 5.56 Å². The van der Waals surface area contributed by atoms with Gasteiger partial charge < -0.3 is 0 Å². The van der Waals surface area contributed by atoms with Crippen molar-refractivity contribution in [2.75, 3.05) is 0 Å². The van der Waals surface area contributed by atoms with E-state index in [9.17, 15) is 4.39 Å². The zero-order valence-electron chi connectivity index (χ0n) is 7.26. The Balaban J connectivity index is 2.89. The molecular formula is C10H3BrClFN2. The van der Waals surface area contributed by atoms with Gasteiger partial charge in [0, 0.05) is 9.86 Å². The third kappa shape index (κ3) is 1.81. The van der Waals surface area contributed by atoms with E-state index in [-0.39, 0.29) is 16.2 Å². The van der Waals surface area contributed by atoms with Gasteiger partial charge in [0.2, 0.25) is 0 Å². The predicted molar refractivity (Wildman–Crippen MR) is 59.1 cm³/mol. The molecule has 1 aromatic carbocycles. The van der Waals surface area contributed by atoms with E-state index in [0.29, 0.717) is 9.86 Å². The van der Waals surface area contributed by atoms with Crippen LogP contribution in [0.25, 0.3) is 10.9 Å². The van der Waals surface area contributed by atoms with Crippen LogP contribution < -0.4 is 0 Å². The first-order chi connectivity index (χ1) is 7.11. The van der Waals surface area contributed by atoms with Crippen LogP contribution in [-0.4, -0.2) is 4.98 Å². The van der Waals surface area contributed by atoms with E-state index >= 15 is 0 Å². The molecule has 0 fully saturated rings. The molecule has 0 saturated carbocycles. The van der Waals surface area contributed by atoms with E-state index in [2.05, 4.69) is 20.9 Å². The number of halogens is 3. The van der Waals surface area contributed by atoms with Crippen LogP contribution >= 0.6 is 27.5 Å². The molecule has 0 aliphatic rings. The van der Waals surface area contributed by atoms with Crippen molar-refractivity contribution in [2.45, 2.75) is 0 Å². The second-order valence-electron chi connectivity index (χ2n) is 2.90. The van der Waals surface area contributed by atoms with Crippen molar-refractivity contribution >= 4 is 38.4 Å². The van der Waals surface area contributed by atoms with Crippen molar-refractivity contribution in [3.8, 4) is 6.07 Å². The SMILES string of the molecule is N#Cc1cc2cc(Br)cc(F)c2nc1Cl. The zero-order valence-corrected chi connectivity index (χ0v) is 9.60. The van der Waals surface area contributed by atoms with Gasteiger partial charge in [-0.25, -0.2) is 9.37 Å². The molecule has 0 radical (unpaired) electrons. The van der Waals surface area contributed by atoms with Crippen LogP contribution in [0.15, 0.2) is 22.7 Å². The summed E-state index contributed by atoms with van der Waals surface area (Å²) in [6.07, 6.45) is 0. The Labute approximate surface area is 98.4 Å². The van der Waals surface area contributed by atoms with Gasteiger partial charge in [-0.3, -0.25) is 0 Å². The van der Waals surface area contributed by atoms with Gasteiger partial charge >= 0.3 is 0 Å². The second-order valence-corrected chi connectivity index (χ2v) is 4.17. The highest BCUT2D eigenvalue weighted by molar-refractivity contribution is 9.10. The second kappa shape index (κ2) is 3.76. The molecule has 0 spiro atoms. The molecule has 1 aromatic heterocycles. The highest BCUT2D eigenvalue weighted by Gasteiger charge is 2.08. The Morgan fingerprint density at radius 1 is 1.40 bits per heavy atom. The molecular weight excluding hydrogens is 282 g/mol. The van der Waals surface area contributed by atoms with Gasteiger partial charge in [-0.15, -0.1) is 0 Å². The Morgan fingerprint density at radius 2 is 2.13 bits per heavy atom. The Bertz CT molecular complexity index is 592. The molecule has 0 atom stereocenters. The van der Waals surface area contributed by atoms with Crippen molar-refractivity contribution in [1.29, 1.82) is 5.26 Å². The minimum absolute atomic E-state index is 0.0197. The average molecular weight is 286 g/mol. The molecule has 0 aliphatic carbocycles. The van der Waals surface area contributed by atoms with Gasteiger partial charge in [0.15, 0.2) is 5.82 Å². The predicted octanol–water partition coefficient (Wildman–Crippen LogP) is 3.66. The van der Waals surface area contributed by atoms with Crippen LogP contribution in [0.5, 0.6) is 0 Å². The van der Waals surface area contributed by atoms with Gasteiger partial charge in [0.25, 0.3) is 0 Å². The number of fused-ring (bicyclic) bond motifs is 1. The Kier molecular flexibility index (Phi) is 2.59. The third-order valence-corrected chi connectivity index (χ3v) is 2.66. The van der Waals surface area contributed by atoms with E-state index in [0.717, 1.165) is 0 Å². The Morgan fingerprint density at radius 3 is 2.80 bits per heavy atom. The lowest BCUT2D eigenvalue weighted by Crippen LogP contribution is -1.89. The topological polar surface area (TPSA) is 36.7 Å². The van der Waals surface area contributed by atoms with Crippen LogP contribution in [0.2, 0.25) is 5.15 Å². The number of benzene rings is 1. The summed E-state index contributed by atoms with van der Waals surface area (Å²) in [5.74, 6) is -0.467. The maximum Gasteiger partial charge on any atom is 0.150 e. The normalized spacial score (nSPS) is 10.3. The van der Waals surface area contributed by atoms with Crippen molar-refractivity contribution in [3.05, 3.63) is 39.2 Å². The molecule has 2 nitrogen and oxygen atoms in total. The Hall–Kier alpha value is -1.18. The molecule has 0 unspecified atom stereocenters. The van der Waals surface area contributed by atoms with E-state index < -0.39 is 5.82 Å². The summed E-state index contributed by atoms with van der Waals surface area (Å²) < 4.78 is 14.0. The maximum absolute atomic E-state index is 13.4. The molecule has 74 valence electrons. The first-order valence-corrected chi connectivity index (χ1v) is 5.14. The minimum atomic E-state index is -0.467. The molecule has 5 heteroatoms. The van der Waals surface area contributed by atoms with Gasteiger partial charge in [-0.05, 0) is 18.2 Å². The number of hydrogen-bond donors (Lipinski definition) is 0. The van der Waals surface area contributed by atoms with E-state index in [1.165, 1.54) is 12.1 Å². The number of aromatic nitrogens is 1. The van der Waals surface area contributed by atoms with Gasteiger partial charge in [-0.2, -0.15) is 5.26 Å². The summed E-state index contributed by atoms with van der Waals surface area (Å²) >= 11 is 8.87. The lowest BCUT2D eigenvalue weighted by Gasteiger charge is -2.02. The van der Waals surface area contributed by atoms with E-state index in [4.69, 9.17) is 16.9 Å². The summed E-state index contributed by atoms with van der Waals surface area (Å²) in [5.41, 5.74) is 0.406. The monoisotopic (exact) mass is 284 g/mol. The summed E-state index contributed by atoms with van der Waals surface area (Å²) in [7, 11) is 0. The number of pyridine rings is 1. The fourth-order valence-corrected chi connectivity index (χ4v) is 1.89. The third-order valence-electron chi connectivity index (χ3n) is 1.91. The molecule has 0 bridgehead atoms. The summed E-state index contributed by atoms with van der Waals surface area (Å²) in [6.45, 7) is 0. The number of hydrogen-bond acceptors (Lipinski definition) is 2. The average Bonchev–Trinajstić information content (AvgIpc) is 2.18. The molecule has 0 aliphatic heterocycles. The smallest absolute Gasteiger partial charge is 0.150 e. The first-order valence-electron chi connectivity index (χ1n) is 3.97. The largest absolute Gasteiger partial charge is 0.232 e. The van der Waals surface area contributed by atoms with Crippen LogP contribution in [0.1, 0.15) is 5.56 Å². The summed E-state index contributed by atoms with van der Waals surface area (Å²) in [5, 5.41) is 9.30.